The second-order valence-corrected chi connectivity index (χ2v) is 8.47. The monoisotopic (exact) mass is 318 g/mol. The lowest BCUT2D eigenvalue weighted by Gasteiger charge is -2.33. The number of aliphatic hydroxyl groups is 1. The molecule has 124 valence electrons. The molecule has 0 bridgehead atoms. The highest BCUT2D eigenvalue weighted by Crippen LogP contribution is 2.26. The number of hydrogen-bond acceptors (Lipinski definition) is 4. The van der Waals surface area contributed by atoms with Crippen molar-refractivity contribution in [2.24, 2.45) is 5.92 Å². The van der Waals surface area contributed by atoms with Gasteiger partial charge in [0.15, 0.2) is 0 Å². The predicted octanol–water partition coefficient (Wildman–Crippen LogP) is 1.33. The van der Waals surface area contributed by atoms with E-state index in [2.05, 4.69) is 5.32 Å². The maximum atomic E-state index is 12.7. The summed E-state index contributed by atoms with van der Waals surface area (Å²) < 4.78 is 26.9. The Labute approximate surface area is 129 Å². The van der Waals surface area contributed by atoms with Gasteiger partial charge in [0.05, 0.1) is 12.4 Å². The van der Waals surface area contributed by atoms with Crippen molar-refractivity contribution >= 4 is 10.0 Å². The van der Waals surface area contributed by atoms with Crippen LogP contribution in [-0.2, 0) is 10.0 Å². The Morgan fingerprint density at radius 3 is 2.33 bits per heavy atom. The minimum Gasteiger partial charge on any atom is -0.395 e. The fourth-order valence-electron chi connectivity index (χ4n) is 3.62. The van der Waals surface area contributed by atoms with E-state index in [1.54, 1.807) is 4.31 Å². The van der Waals surface area contributed by atoms with Crippen molar-refractivity contribution in [3.8, 4) is 0 Å². The number of piperidine rings is 1. The maximum Gasteiger partial charge on any atom is 0.214 e. The molecule has 2 aliphatic rings. The summed E-state index contributed by atoms with van der Waals surface area (Å²) in [6.45, 7) is 2.20. The second kappa shape index (κ2) is 8.46. The molecule has 0 aromatic rings. The Morgan fingerprint density at radius 2 is 1.71 bits per heavy atom. The lowest BCUT2D eigenvalue weighted by atomic mass is 9.95. The molecule has 0 spiro atoms. The van der Waals surface area contributed by atoms with Gasteiger partial charge in [-0.25, -0.2) is 8.42 Å². The largest absolute Gasteiger partial charge is 0.395 e. The van der Waals surface area contributed by atoms with Gasteiger partial charge in [-0.2, -0.15) is 4.31 Å². The summed E-state index contributed by atoms with van der Waals surface area (Å²) in [5.74, 6) is 0.775. The van der Waals surface area contributed by atoms with Crippen LogP contribution in [0.2, 0.25) is 0 Å². The molecule has 0 amide bonds. The van der Waals surface area contributed by atoms with E-state index < -0.39 is 10.0 Å². The third-order valence-electron chi connectivity index (χ3n) is 4.90. The minimum atomic E-state index is -3.23. The minimum absolute atomic E-state index is 0.0803. The number of nitrogens with zero attached hydrogens (tertiary/aromatic N) is 1. The molecule has 5 nitrogen and oxygen atoms in total. The molecule has 0 unspecified atom stereocenters. The highest BCUT2D eigenvalue weighted by molar-refractivity contribution is 7.89. The van der Waals surface area contributed by atoms with Crippen LogP contribution in [0.4, 0.5) is 0 Å². The van der Waals surface area contributed by atoms with Crippen LogP contribution < -0.4 is 5.32 Å². The predicted molar refractivity (Wildman–Crippen MR) is 84.7 cm³/mol. The summed E-state index contributed by atoms with van der Waals surface area (Å²) in [7, 11) is -3.23. The number of aliphatic hydroxyl groups excluding tert-OH is 1. The van der Waals surface area contributed by atoms with Crippen LogP contribution in [0.5, 0.6) is 0 Å². The fourth-order valence-corrected chi connectivity index (χ4v) is 5.51. The van der Waals surface area contributed by atoms with E-state index in [1.165, 1.54) is 6.42 Å². The van der Waals surface area contributed by atoms with Crippen molar-refractivity contribution in [3.05, 3.63) is 0 Å². The first-order chi connectivity index (χ1) is 10.1. The topological polar surface area (TPSA) is 69.6 Å². The molecule has 2 N–H and O–H groups in total. The van der Waals surface area contributed by atoms with Crippen molar-refractivity contribution < 1.29 is 13.5 Å². The van der Waals surface area contributed by atoms with Crippen LogP contribution >= 0.6 is 0 Å². The Morgan fingerprint density at radius 1 is 1.05 bits per heavy atom. The molecule has 1 saturated carbocycles. The van der Waals surface area contributed by atoms with Crippen LogP contribution in [0, 0.1) is 5.92 Å². The average Bonchev–Trinajstić information content (AvgIpc) is 2.52. The molecule has 1 heterocycles. The smallest absolute Gasteiger partial charge is 0.214 e. The zero-order chi connectivity index (χ0) is 15.1. The molecule has 2 fully saturated rings. The van der Waals surface area contributed by atoms with E-state index in [1.807, 2.05) is 0 Å². The van der Waals surface area contributed by atoms with E-state index in [4.69, 9.17) is 0 Å². The van der Waals surface area contributed by atoms with Crippen LogP contribution in [0.1, 0.15) is 51.4 Å². The third kappa shape index (κ3) is 5.20. The first-order valence-electron chi connectivity index (χ1n) is 8.44. The first-order valence-corrected chi connectivity index (χ1v) is 10.1. The molecule has 0 radical (unpaired) electrons. The molecule has 0 aromatic heterocycles. The number of sulfonamides is 1. The van der Waals surface area contributed by atoms with Gasteiger partial charge in [0.25, 0.3) is 0 Å². The molecule has 2 rings (SSSR count). The lowest BCUT2D eigenvalue weighted by molar-refractivity contribution is 0.199. The van der Waals surface area contributed by atoms with Gasteiger partial charge in [-0.15, -0.1) is 0 Å². The molecule has 21 heavy (non-hydrogen) atoms. The van der Waals surface area contributed by atoms with E-state index in [0.29, 0.717) is 5.92 Å². The lowest BCUT2D eigenvalue weighted by Crippen LogP contribution is -2.44. The SMILES string of the molecule is O=S(=O)(CCC1CCNCC1)N(CCO)C1CCCCC1. The van der Waals surface area contributed by atoms with E-state index in [-0.39, 0.29) is 24.9 Å². The Hall–Kier alpha value is -0.170. The third-order valence-corrected chi connectivity index (χ3v) is 6.85. The molecule has 0 aromatic carbocycles. The number of rotatable bonds is 7. The first kappa shape index (κ1) is 17.2. The Balaban J connectivity index is 1.92. The van der Waals surface area contributed by atoms with Gasteiger partial charge < -0.3 is 10.4 Å². The maximum absolute atomic E-state index is 12.7. The molecule has 1 saturated heterocycles. The van der Waals surface area contributed by atoms with Gasteiger partial charge >= 0.3 is 0 Å². The molecule has 1 aliphatic carbocycles. The Bertz CT molecular complexity index is 388. The van der Waals surface area contributed by atoms with Gasteiger partial charge in [-0.3, -0.25) is 0 Å². The summed E-state index contributed by atoms with van der Waals surface area (Å²) >= 11 is 0. The summed E-state index contributed by atoms with van der Waals surface area (Å²) in [6, 6.07) is 0.115. The Kier molecular flexibility index (Phi) is 6.92. The second-order valence-electron chi connectivity index (χ2n) is 6.42. The van der Waals surface area contributed by atoms with Crippen LogP contribution in [0.3, 0.4) is 0 Å². The molecular formula is C15H30N2O3S. The van der Waals surface area contributed by atoms with Gasteiger partial charge in [-0.05, 0) is 51.1 Å². The highest BCUT2D eigenvalue weighted by Gasteiger charge is 2.31. The van der Waals surface area contributed by atoms with Crippen molar-refractivity contribution in [1.82, 2.24) is 9.62 Å². The van der Waals surface area contributed by atoms with Crippen LogP contribution in [0.25, 0.3) is 0 Å². The zero-order valence-electron chi connectivity index (χ0n) is 13.0. The molecular weight excluding hydrogens is 288 g/mol. The van der Waals surface area contributed by atoms with Gasteiger partial charge in [0.1, 0.15) is 0 Å². The molecule has 6 heteroatoms. The summed E-state index contributed by atoms with van der Waals surface area (Å²) in [4.78, 5) is 0. The highest BCUT2D eigenvalue weighted by atomic mass is 32.2. The normalized spacial score (nSPS) is 22.8. The van der Waals surface area contributed by atoms with Gasteiger partial charge in [-0.1, -0.05) is 19.3 Å². The number of hydrogen-bond donors (Lipinski definition) is 2. The van der Waals surface area contributed by atoms with Crippen molar-refractivity contribution in [2.75, 3.05) is 32.0 Å². The van der Waals surface area contributed by atoms with Gasteiger partial charge in [0.2, 0.25) is 10.0 Å². The number of nitrogens with one attached hydrogen (secondary N) is 1. The van der Waals surface area contributed by atoms with E-state index in [0.717, 1.165) is 58.0 Å². The summed E-state index contributed by atoms with van der Waals surface area (Å²) in [5, 5.41) is 12.5. The van der Waals surface area contributed by atoms with Crippen molar-refractivity contribution in [2.45, 2.75) is 57.4 Å². The van der Waals surface area contributed by atoms with Crippen LogP contribution in [0.15, 0.2) is 0 Å². The van der Waals surface area contributed by atoms with E-state index in [9.17, 15) is 13.5 Å². The van der Waals surface area contributed by atoms with Crippen molar-refractivity contribution in [3.63, 3.8) is 0 Å². The van der Waals surface area contributed by atoms with E-state index >= 15 is 0 Å². The average molecular weight is 318 g/mol. The van der Waals surface area contributed by atoms with Crippen LogP contribution in [-0.4, -0.2) is 55.9 Å². The summed E-state index contributed by atoms with van der Waals surface area (Å²) in [5.41, 5.74) is 0. The summed E-state index contributed by atoms with van der Waals surface area (Å²) in [6.07, 6.45) is 8.25. The van der Waals surface area contributed by atoms with Gasteiger partial charge in [0, 0.05) is 12.6 Å². The fraction of sp³-hybridized carbons (Fsp3) is 1.00. The molecule has 1 aliphatic heterocycles. The quantitative estimate of drug-likeness (QED) is 0.743. The molecule has 0 atom stereocenters. The zero-order valence-corrected chi connectivity index (χ0v) is 13.8. The van der Waals surface area contributed by atoms with Crippen molar-refractivity contribution in [1.29, 1.82) is 0 Å². The standard InChI is InChI=1S/C15H30N2O3S/c18-12-11-17(15-4-2-1-3-5-15)21(19,20)13-8-14-6-9-16-10-7-14/h14-16,18H,1-13H2.